The number of hydrogen-bond acceptors (Lipinski definition) is 12. The van der Waals surface area contributed by atoms with Crippen molar-refractivity contribution in [2.45, 2.75) is 38.5 Å². The number of aromatic nitrogens is 3. The zero-order chi connectivity index (χ0) is 28.7. The molecule has 4 aromatic rings. The average Bonchev–Trinajstić information content (AvgIpc) is 3.04. The van der Waals surface area contributed by atoms with E-state index in [0.29, 0.717) is 40.6 Å². The van der Waals surface area contributed by atoms with Crippen molar-refractivity contribution in [3.8, 4) is 5.75 Å². The summed E-state index contributed by atoms with van der Waals surface area (Å²) >= 11 is 0. The molecular formula is C32H57ClN12O2. The molecule has 0 spiro atoms. The lowest BCUT2D eigenvalue weighted by Crippen LogP contribution is -2.34. The standard InChI is InChI=1S/C32H36N8O2.ClH.4H3N.4H2/c41-28-23-24(17-18-27(28)34-32(42)40(25-13-5-1-6-14-25)26-15-7-2-8-16-26)33-29-35-30(38-19-9-3-10-20-38)37-31(36-29)39-21-11-4-12-22-39;;;;;;;;;/h1-2,5-8,13-18,23,41H,3-4,9-12,19-22H2,(H,34,42)(H,33,35,36,37);1H;4*1H3;4*1H. The maximum absolute atomic E-state index is 13.5. The zero-order valence-corrected chi connectivity index (χ0v) is 27.7. The van der Waals surface area contributed by atoms with E-state index in [4.69, 9.17) is 15.0 Å². The van der Waals surface area contributed by atoms with E-state index in [2.05, 4.69) is 20.4 Å². The Balaban J connectivity index is -0.00000123. The van der Waals surface area contributed by atoms with Gasteiger partial charge in [0, 0.05) is 43.6 Å². The summed E-state index contributed by atoms with van der Waals surface area (Å²) in [5.74, 6) is 1.73. The monoisotopic (exact) mass is 676 g/mol. The molecule has 2 fully saturated rings. The maximum Gasteiger partial charge on any atom is 0.331 e. The highest BCUT2D eigenvalue weighted by molar-refractivity contribution is 6.07. The van der Waals surface area contributed by atoms with Crippen molar-refractivity contribution in [2.75, 3.05) is 51.5 Å². The summed E-state index contributed by atoms with van der Waals surface area (Å²) in [6.07, 6.45) is 6.95. The molecule has 47 heavy (non-hydrogen) atoms. The molecular weight excluding hydrogens is 620 g/mol. The number of benzene rings is 3. The van der Waals surface area contributed by atoms with Crippen LogP contribution in [0.25, 0.3) is 0 Å². The molecule has 0 saturated carbocycles. The number of para-hydroxylation sites is 2. The van der Waals surface area contributed by atoms with Crippen LogP contribution in [0, 0.1) is 0 Å². The third-order valence-electron chi connectivity index (χ3n) is 7.62. The molecule has 0 radical (unpaired) electrons. The van der Waals surface area contributed by atoms with Crippen molar-refractivity contribution in [3.63, 3.8) is 0 Å². The smallest absolute Gasteiger partial charge is 0.331 e. The first-order valence-corrected chi connectivity index (χ1v) is 14.7. The maximum atomic E-state index is 13.5. The van der Waals surface area contributed by atoms with Crippen molar-refractivity contribution < 1.29 is 15.6 Å². The minimum Gasteiger partial charge on any atom is -0.506 e. The fourth-order valence-electron chi connectivity index (χ4n) is 5.43. The zero-order valence-electron chi connectivity index (χ0n) is 26.9. The SMILES string of the molecule is Cl.N.N.N.N.O=C(Nc1ccc(Nc2nc(N3CCCCC3)nc(N3CCCCC3)n2)cc1O)N(c1ccccc1)c1ccccc1.[HH].[HH].[HH].[HH]. The van der Waals surface area contributed by atoms with Gasteiger partial charge in [-0.2, -0.15) is 15.0 Å². The Morgan fingerprint density at radius 2 is 1.15 bits per heavy atom. The quantitative estimate of drug-likeness (QED) is 0.0907. The number of anilines is 7. The fourth-order valence-corrected chi connectivity index (χ4v) is 5.43. The highest BCUT2D eigenvalue weighted by Crippen LogP contribution is 2.32. The molecule has 3 aromatic carbocycles. The van der Waals surface area contributed by atoms with Crippen LogP contribution in [-0.2, 0) is 0 Å². The first kappa shape index (κ1) is 40.3. The number of rotatable bonds is 7. The minimum atomic E-state index is -0.391. The Labute approximate surface area is 288 Å². The molecule has 2 aliphatic heterocycles. The molecule has 15 heteroatoms. The van der Waals surface area contributed by atoms with E-state index in [1.54, 1.807) is 23.1 Å². The van der Waals surface area contributed by atoms with Crippen LogP contribution in [0.15, 0.2) is 78.9 Å². The molecule has 3 heterocycles. The number of nitrogens with zero attached hydrogens (tertiary/aromatic N) is 6. The van der Waals surface area contributed by atoms with Crippen LogP contribution in [0.2, 0.25) is 0 Å². The van der Waals surface area contributed by atoms with Gasteiger partial charge in [0.15, 0.2) is 0 Å². The number of aromatic hydroxyl groups is 1. The van der Waals surface area contributed by atoms with Crippen LogP contribution in [0.5, 0.6) is 5.75 Å². The van der Waals surface area contributed by atoms with Gasteiger partial charge in [-0.15, -0.1) is 12.4 Å². The molecule has 2 aliphatic rings. The normalized spacial score (nSPS) is 13.6. The van der Waals surface area contributed by atoms with Gasteiger partial charge in [-0.25, -0.2) is 4.79 Å². The van der Waals surface area contributed by atoms with Gasteiger partial charge in [-0.3, -0.25) is 4.90 Å². The first-order chi connectivity index (χ1) is 20.6. The Kier molecular flexibility index (Phi) is 16.3. The van der Waals surface area contributed by atoms with Crippen LogP contribution >= 0.6 is 12.4 Å². The number of hydrogen-bond donors (Lipinski definition) is 7. The number of carbonyl (C=O) groups is 1. The Bertz CT molecular complexity index is 1450. The van der Waals surface area contributed by atoms with Crippen LogP contribution in [0.3, 0.4) is 0 Å². The van der Waals surface area contributed by atoms with Crippen molar-refractivity contribution >= 4 is 59.0 Å². The number of amides is 2. The van der Waals surface area contributed by atoms with Gasteiger partial charge < -0.3 is 50.1 Å². The molecule has 264 valence electrons. The topological polar surface area (TPSA) is 250 Å². The van der Waals surface area contributed by atoms with Crippen molar-refractivity contribution in [3.05, 3.63) is 78.9 Å². The summed E-state index contributed by atoms with van der Waals surface area (Å²) in [5, 5.41) is 17.0. The molecule has 14 nitrogen and oxygen atoms in total. The summed E-state index contributed by atoms with van der Waals surface area (Å²) < 4.78 is 0. The lowest BCUT2D eigenvalue weighted by atomic mass is 10.1. The second kappa shape index (κ2) is 19.1. The van der Waals surface area contributed by atoms with Crippen LogP contribution in [-0.4, -0.2) is 52.3 Å². The summed E-state index contributed by atoms with van der Waals surface area (Å²) in [6, 6.07) is 23.4. The molecule has 2 saturated heterocycles. The molecule has 0 aliphatic carbocycles. The summed E-state index contributed by atoms with van der Waals surface area (Å²) in [7, 11) is 0. The molecule has 0 unspecified atom stereocenters. The number of piperidine rings is 2. The van der Waals surface area contributed by atoms with Gasteiger partial charge in [-0.05, 0) is 74.9 Å². The number of halogens is 1. The highest BCUT2D eigenvalue weighted by Gasteiger charge is 2.22. The van der Waals surface area contributed by atoms with E-state index in [9.17, 15) is 9.90 Å². The third-order valence-corrected chi connectivity index (χ3v) is 7.62. The van der Waals surface area contributed by atoms with Crippen molar-refractivity contribution in [1.29, 1.82) is 0 Å². The summed E-state index contributed by atoms with van der Waals surface area (Å²) in [4.78, 5) is 33.8. The van der Waals surface area contributed by atoms with Gasteiger partial charge in [0.05, 0.1) is 17.1 Å². The number of phenolic OH excluding ortho intramolecular Hbond substituents is 1. The van der Waals surface area contributed by atoms with E-state index in [0.717, 1.165) is 51.9 Å². The van der Waals surface area contributed by atoms with Crippen molar-refractivity contribution in [2.24, 2.45) is 0 Å². The van der Waals surface area contributed by atoms with Crippen LogP contribution < -0.4 is 49.9 Å². The molecule has 2 amide bonds. The number of urea groups is 1. The number of carbonyl (C=O) groups excluding carboxylic acids is 1. The van der Waals surface area contributed by atoms with E-state index in [-0.39, 0.29) is 48.5 Å². The molecule has 15 N–H and O–H groups in total. The first-order valence-electron chi connectivity index (χ1n) is 14.7. The van der Waals surface area contributed by atoms with Gasteiger partial charge in [-0.1, -0.05) is 36.4 Å². The molecule has 0 atom stereocenters. The van der Waals surface area contributed by atoms with Gasteiger partial charge in [0.2, 0.25) is 17.8 Å². The second-order valence-corrected chi connectivity index (χ2v) is 10.6. The number of phenols is 1. The lowest BCUT2D eigenvalue weighted by molar-refractivity contribution is 0.259. The second-order valence-electron chi connectivity index (χ2n) is 10.6. The third kappa shape index (κ3) is 9.88. The number of nitrogens with one attached hydrogen (secondary N) is 2. The van der Waals surface area contributed by atoms with Crippen LogP contribution in [0.1, 0.15) is 44.2 Å². The summed E-state index contributed by atoms with van der Waals surface area (Å²) in [5.41, 5.74) is 2.32. The van der Waals surface area contributed by atoms with E-state index in [1.165, 1.54) is 12.8 Å². The van der Waals surface area contributed by atoms with Gasteiger partial charge in [0.25, 0.3) is 0 Å². The predicted octanol–water partition coefficient (Wildman–Crippen LogP) is 8.73. The van der Waals surface area contributed by atoms with Gasteiger partial charge >= 0.3 is 6.03 Å². The Morgan fingerprint density at radius 1 is 0.681 bits per heavy atom. The molecule has 6 rings (SSSR count). The van der Waals surface area contributed by atoms with E-state index < -0.39 is 6.03 Å². The van der Waals surface area contributed by atoms with E-state index >= 15 is 0 Å². The molecule has 0 bridgehead atoms. The average molecular weight is 677 g/mol. The Hall–Kier alpha value is -4.73. The predicted molar refractivity (Wildman–Crippen MR) is 203 cm³/mol. The lowest BCUT2D eigenvalue weighted by Gasteiger charge is -2.30. The van der Waals surface area contributed by atoms with Crippen molar-refractivity contribution in [1.82, 2.24) is 39.6 Å². The molecule has 1 aromatic heterocycles. The van der Waals surface area contributed by atoms with E-state index in [1.807, 2.05) is 60.7 Å². The Morgan fingerprint density at radius 3 is 1.60 bits per heavy atom. The fraction of sp³-hybridized carbons (Fsp3) is 0.312. The largest absolute Gasteiger partial charge is 0.506 e. The highest BCUT2D eigenvalue weighted by atomic mass is 35.5. The van der Waals surface area contributed by atoms with Crippen LogP contribution in [0.4, 0.5) is 45.4 Å². The van der Waals surface area contributed by atoms with Gasteiger partial charge in [0.1, 0.15) is 5.75 Å². The minimum absolute atomic E-state index is 0. The summed E-state index contributed by atoms with van der Waals surface area (Å²) in [6.45, 7) is 3.73.